The van der Waals surface area contributed by atoms with Gasteiger partial charge in [-0.15, -0.1) is 0 Å². The van der Waals surface area contributed by atoms with Gasteiger partial charge in [0, 0.05) is 36.4 Å². The third-order valence-electron chi connectivity index (χ3n) is 7.19. The van der Waals surface area contributed by atoms with Crippen LogP contribution in [-0.2, 0) is 17.8 Å². The first-order chi connectivity index (χ1) is 21.0. The quantitative estimate of drug-likeness (QED) is 0.110. The molecule has 0 aliphatic rings. The van der Waals surface area contributed by atoms with E-state index in [2.05, 4.69) is 28.9 Å². The second kappa shape index (κ2) is 15.9. The lowest BCUT2D eigenvalue weighted by Gasteiger charge is -2.12. The van der Waals surface area contributed by atoms with E-state index in [1.807, 2.05) is 54.6 Å². The highest BCUT2D eigenvalue weighted by Gasteiger charge is 2.20. The first-order valence-electron chi connectivity index (χ1n) is 14.5. The van der Waals surface area contributed by atoms with Crippen molar-refractivity contribution in [1.82, 2.24) is 14.9 Å². The molecule has 0 unspecified atom stereocenters. The topological polar surface area (TPSA) is 83.8 Å². The Morgan fingerprint density at radius 2 is 1.47 bits per heavy atom. The normalized spacial score (nSPS) is 10.8. The van der Waals surface area contributed by atoms with Gasteiger partial charge < -0.3 is 28.8 Å². The number of carbonyl (C=O) groups excluding carboxylic acids is 1. The predicted molar refractivity (Wildman–Crippen MR) is 173 cm³/mol. The Bertz CT molecular complexity index is 1470. The van der Waals surface area contributed by atoms with Gasteiger partial charge in [0.2, 0.25) is 5.91 Å². The van der Waals surface area contributed by atoms with Crippen LogP contribution in [0, 0.1) is 0 Å². The number of thioether (sulfide) groups is 1. The number of amides is 1. The standard InChI is InChI=1S/C34H41N3O5S/c1-6-37-33(26-13-17-28(40-3)18-14-26)32(25-11-15-27(39-2)16-12-25)36-34(37)43-22-8-7-9-31(38)35-21-20-24-10-19-29(41-4)30(23-24)42-5/h10-19,23H,6-9,20-22H2,1-5H3,(H,35,38). The number of rotatable bonds is 16. The van der Waals surface area contributed by atoms with Crippen molar-refractivity contribution in [2.45, 2.75) is 44.3 Å². The van der Waals surface area contributed by atoms with Gasteiger partial charge in [-0.1, -0.05) is 17.8 Å². The molecule has 9 heteroatoms. The number of hydrogen-bond donors (Lipinski definition) is 1. The van der Waals surface area contributed by atoms with Gasteiger partial charge in [-0.3, -0.25) is 4.79 Å². The van der Waals surface area contributed by atoms with Crippen LogP contribution < -0.4 is 24.3 Å². The zero-order valence-electron chi connectivity index (χ0n) is 25.6. The first-order valence-corrected chi connectivity index (χ1v) is 15.5. The van der Waals surface area contributed by atoms with Crippen molar-refractivity contribution in [3.63, 3.8) is 0 Å². The van der Waals surface area contributed by atoms with Crippen LogP contribution in [0.15, 0.2) is 71.9 Å². The van der Waals surface area contributed by atoms with Crippen molar-refractivity contribution in [3.05, 3.63) is 72.3 Å². The van der Waals surface area contributed by atoms with Crippen molar-refractivity contribution in [2.75, 3.05) is 40.7 Å². The number of aromatic nitrogens is 2. The molecule has 0 saturated carbocycles. The van der Waals surface area contributed by atoms with E-state index in [1.165, 1.54) is 0 Å². The van der Waals surface area contributed by atoms with Gasteiger partial charge in [-0.25, -0.2) is 4.98 Å². The fourth-order valence-corrected chi connectivity index (χ4v) is 5.91. The maximum absolute atomic E-state index is 12.4. The minimum Gasteiger partial charge on any atom is -0.497 e. The van der Waals surface area contributed by atoms with E-state index in [1.54, 1.807) is 40.2 Å². The van der Waals surface area contributed by atoms with Crippen LogP contribution in [0.2, 0.25) is 0 Å². The molecule has 0 aliphatic heterocycles. The maximum Gasteiger partial charge on any atom is 0.220 e. The minimum atomic E-state index is 0.0733. The van der Waals surface area contributed by atoms with Crippen LogP contribution in [0.3, 0.4) is 0 Å². The number of methoxy groups -OCH3 is 4. The first kappa shape index (κ1) is 31.8. The smallest absolute Gasteiger partial charge is 0.220 e. The molecule has 0 aliphatic carbocycles. The number of nitrogens with one attached hydrogen (secondary N) is 1. The zero-order chi connectivity index (χ0) is 30.6. The molecular formula is C34H41N3O5S. The largest absolute Gasteiger partial charge is 0.497 e. The highest BCUT2D eigenvalue weighted by atomic mass is 32.2. The Morgan fingerprint density at radius 1 is 0.814 bits per heavy atom. The second-order valence-electron chi connectivity index (χ2n) is 9.89. The highest BCUT2D eigenvalue weighted by Crippen LogP contribution is 2.37. The Morgan fingerprint density at radius 3 is 2.07 bits per heavy atom. The zero-order valence-corrected chi connectivity index (χ0v) is 26.5. The fourth-order valence-electron chi connectivity index (χ4n) is 4.85. The Kier molecular flexibility index (Phi) is 11.8. The molecule has 1 amide bonds. The number of ether oxygens (including phenoxy) is 4. The Balaban J connectivity index is 1.34. The molecule has 8 nitrogen and oxygen atoms in total. The van der Waals surface area contributed by atoms with E-state index >= 15 is 0 Å². The summed E-state index contributed by atoms with van der Waals surface area (Å²) in [5.41, 5.74) is 5.21. The number of benzene rings is 3. The Labute approximate surface area is 258 Å². The number of unbranched alkanes of at least 4 members (excludes halogenated alkanes) is 1. The van der Waals surface area contributed by atoms with Crippen molar-refractivity contribution in [1.29, 1.82) is 0 Å². The van der Waals surface area contributed by atoms with Crippen LogP contribution in [0.5, 0.6) is 23.0 Å². The van der Waals surface area contributed by atoms with Gasteiger partial charge in [0.15, 0.2) is 16.7 Å². The molecule has 0 saturated heterocycles. The van der Waals surface area contributed by atoms with Crippen molar-refractivity contribution < 1.29 is 23.7 Å². The van der Waals surface area contributed by atoms with Gasteiger partial charge in [-0.05, 0) is 92.4 Å². The van der Waals surface area contributed by atoms with E-state index in [0.29, 0.717) is 24.5 Å². The van der Waals surface area contributed by atoms with Crippen LogP contribution in [0.1, 0.15) is 31.7 Å². The van der Waals surface area contributed by atoms with Crippen molar-refractivity contribution >= 4 is 17.7 Å². The molecule has 4 aromatic rings. The number of carbonyl (C=O) groups is 1. The molecule has 0 radical (unpaired) electrons. The summed E-state index contributed by atoms with van der Waals surface area (Å²) in [5, 5.41) is 4.01. The Hall–Kier alpha value is -4.11. The second-order valence-corrected chi connectivity index (χ2v) is 10.9. The van der Waals surface area contributed by atoms with Gasteiger partial charge in [0.05, 0.1) is 39.8 Å². The van der Waals surface area contributed by atoms with E-state index < -0.39 is 0 Å². The lowest BCUT2D eigenvalue weighted by atomic mass is 10.0. The van der Waals surface area contributed by atoms with Crippen molar-refractivity contribution in [3.8, 4) is 45.5 Å². The molecule has 1 heterocycles. The highest BCUT2D eigenvalue weighted by molar-refractivity contribution is 7.99. The van der Waals surface area contributed by atoms with Crippen LogP contribution in [0.4, 0.5) is 0 Å². The third kappa shape index (κ3) is 8.26. The van der Waals surface area contributed by atoms with Crippen LogP contribution >= 0.6 is 11.8 Å². The minimum absolute atomic E-state index is 0.0733. The molecule has 4 rings (SSSR count). The van der Waals surface area contributed by atoms with Crippen molar-refractivity contribution in [2.24, 2.45) is 0 Å². The lowest BCUT2D eigenvalue weighted by molar-refractivity contribution is -0.121. The molecule has 228 valence electrons. The number of imidazole rings is 1. The number of hydrogen-bond acceptors (Lipinski definition) is 7. The predicted octanol–water partition coefficient (Wildman–Crippen LogP) is 6.89. The summed E-state index contributed by atoms with van der Waals surface area (Å²) in [6.45, 7) is 3.51. The third-order valence-corrected chi connectivity index (χ3v) is 8.25. The van der Waals surface area contributed by atoms with Crippen LogP contribution in [0.25, 0.3) is 22.5 Å². The van der Waals surface area contributed by atoms with Gasteiger partial charge in [0.25, 0.3) is 0 Å². The lowest BCUT2D eigenvalue weighted by Crippen LogP contribution is -2.25. The molecule has 0 fully saturated rings. The molecule has 0 atom stereocenters. The molecule has 0 spiro atoms. The summed E-state index contributed by atoms with van der Waals surface area (Å²) >= 11 is 1.73. The summed E-state index contributed by atoms with van der Waals surface area (Å²) < 4.78 is 23.7. The van der Waals surface area contributed by atoms with E-state index in [4.69, 9.17) is 23.9 Å². The fraction of sp³-hybridized carbons (Fsp3) is 0.353. The molecule has 0 bridgehead atoms. The van der Waals surface area contributed by atoms with Crippen LogP contribution in [-0.4, -0.2) is 56.2 Å². The molecule has 1 aromatic heterocycles. The monoisotopic (exact) mass is 603 g/mol. The molecule has 3 aromatic carbocycles. The molecule has 1 N–H and O–H groups in total. The number of nitrogens with zero attached hydrogens (tertiary/aromatic N) is 2. The van der Waals surface area contributed by atoms with Gasteiger partial charge in [0.1, 0.15) is 11.5 Å². The SMILES string of the molecule is CCn1c(SCCCCC(=O)NCCc2ccc(OC)c(OC)c2)nc(-c2ccc(OC)cc2)c1-c1ccc(OC)cc1. The summed E-state index contributed by atoms with van der Waals surface area (Å²) in [6.07, 6.45) is 2.97. The molecule has 43 heavy (non-hydrogen) atoms. The van der Waals surface area contributed by atoms with Gasteiger partial charge >= 0.3 is 0 Å². The maximum atomic E-state index is 12.4. The van der Waals surface area contributed by atoms with E-state index in [9.17, 15) is 4.79 Å². The summed E-state index contributed by atoms with van der Waals surface area (Å²) in [7, 11) is 6.58. The van der Waals surface area contributed by atoms with E-state index in [-0.39, 0.29) is 5.91 Å². The summed E-state index contributed by atoms with van der Waals surface area (Å²) in [4.78, 5) is 17.6. The molecular weight excluding hydrogens is 562 g/mol. The van der Waals surface area contributed by atoms with Gasteiger partial charge in [-0.2, -0.15) is 0 Å². The summed E-state index contributed by atoms with van der Waals surface area (Å²) in [6, 6.07) is 22.0. The summed E-state index contributed by atoms with van der Waals surface area (Å²) in [5.74, 6) is 3.97. The average molecular weight is 604 g/mol. The van der Waals surface area contributed by atoms with E-state index in [0.717, 1.165) is 76.3 Å². The average Bonchev–Trinajstić information content (AvgIpc) is 3.42.